The fraction of sp³-hybridized carbons (Fsp3) is 0.741. The largest absolute Gasteiger partial charge is 0.450 e. The van der Waals surface area contributed by atoms with E-state index in [9.17, 15) is 9.59 Å². The van der Waals surface area contributed by atoms with Gasteiger partial charge in [-0.1, -0.05) is 0 Å². The first-order valence-electron chi connectivity index (χ1n) is 13.3. The number of ether oxygens (including phenoxy) is 1. The number of aryl methyl sites for hydroxylation is 1. The highest BCUT2D eigenvalue weighted by molar-refractivity contribution is 5.74. The SMILES string of the molecule is CCOC(=O)N(C)CCN(CCC12CC3CC(CC(C3)C1)C2)C(=O)NCCCc1ccncc1. The molecule has 1 aromatic heterocycles. The lowest BCUT2D eigenvalue weighted by molar-refractivity contribution is -0.0597. The van der Waals surface area contributed by atoms with Gasteiger partial charge < -0.3 is 19.9 Å². The molecule has 34 heavy (non-hydrogen) atoms. The van der Waals surface area contributed by atoms with Crippen LogP contribution in [0.2, 0.25) is 0 Å². The van der Waals surface area contributed by atoms with E-state index in [0.29, 0.717) is 31.7 Å². The first kappa shape index (κ1) is 24.8. The lowest BCUT2D eigenvalue weighted by Gasteiger charge is -2.57. The molecule has 0 spiro atoms. The van der Waals surface area contributed by atoms with Gasteiger partial charge >= 0.3 is 12.1 Å². The normalized spacial score (nSPS) is 26.8. The number of rotatable bonds is 11. The van der Waals surface area contributed by atoms with E-state index in [2.05, 4.69) is 10.3 Å². The predicted molar refractivity (Wildman–Crippen MR) is 132 cm³/mol. The highest BCUT2D eigenvalue weighted by atomic mass is 16.6. The van der Waals surface area contributed by atoms with Crippen LogP contribution in [-0.2, 0) is 11.2 Å². The third kappa shape index (κ3) is 6.42. The Morgan fingerprint density at radius 1 is 1.06 bits per heavy atom. The van der Waals surface area contributed by atoms with Gasteiger partial charge in [0.2, 0.25) is 0 Å². The van der Waals surface area contributed by atoms with Gasteiger partial charge in [0.05, 0.1) is 6.61 Å². The van der Waals surface area contributed by atoms with Crippen molar-refractivity contribution in [1.29, 1.82) is 0 Å². The van der Waals surface area contributed by atoms with Gasteiger partial charge in [-0.15, -0.1) is 0 Å². The van der Waals surface area contributed by atoms with E-state index in [0.717, 1.165) is 43.6 Å². The molecule has 0 saturated heterocycles. The van der Waals surface area contributed by atoms with Crippen LogP contribution in [0.15, 0.2) is 24.5 Å². The number of carbonyl (C=O) groups is 2. The summed E-state index contributed by atoms with van der Waals surface area (Å²) in [4.78, 5) is 32.7. The van der Waals surface area contributed by atoms with E-state index in [1.54, 1.807) is 24.3 Å². The number of amides is 3. The van der Waals surface area contributed by atoms with Crippen LogP contribution in [0.5, 0.6) is 0 Å². The van der Waals surface area contributed by atoms with E-state index < -0.39 is 0 Å². The fourth-order valence-corrected chi connectivity index (χ4v) is 7.03. The number of carbonyl (C=O) groups excluding carboxylic acids is 2. The Morgan fingerprint density at radius 2 is 1.71 bits per heavy atom. The van der Waals surface area contributed by atoms with Crippen LogP contribution in [0.25, 0.3) is 0 Å². The topological polar surface area (TPSA) is 74.8 Å². The summed E-state index contributed by atoms with van der Waals surface area (Å²) >= 11 is 0. The Kier molecular flexibility index (Phi) is 8.32. The highest BCUT2D eigenvalue weighted by Crippen LogP contribution is 2.61. The van der Waals surface area contributed by atoms with E-state index in [-0.39, 0.29) is 12.1 Å². The molecule has 0 unspecified atom stereocenters. The molecule has 7 heteroatoms. The number of nitrogens with zero attached hydrogens (tertiary/aromatic N) is 3. The van der Waals surface area contributed by atoms with Gasteiger partial charge in [0.25, 0.3) is 0 Å². The molecule has 1 aromatic rings. The Balaban J connectivity index is 1.30. The van der Waals surface area contributed by atoms with Crippen LogP contribution in [0.1, 0.15) is 63.9 Å². The van der Waals surface area contributed by atoms with E-state index in [1.165, 1.54) is 44.1 Å². The van der Waals surface area contributed by atoms with E-state index in [4.69, 9.17) is 4.74 Å². The third-order valence-electron chi connectivity index (χ3n) is 8.32. The van der Waals surface area contributed by atoms with Crippen molar-refractivity contribution in [2.45, 2.75) is 64.7 Å². The minimum atomic E-state index is -0.332. The summed E-state index contributed by atoms with van der Waals surface area (Å²) in [5.41, 5.74) is 1.67. The molecular formula is C27H42N4O3. The molecule has 0 atom stereocenters. The lowest BCUT2D eigenvalue weighted by atomic mass is 9.49. The van der Waals surface area contributed by atoms with Gasteiger partial charge in [0.1, 0.15) is 0 Å². The van der Waals surface area contributed by atoms with Gasteiger partial charge in [-0.05, 0) is 106 Å². The second kappa shape index (κ2) is 11.4. The molecule has 4 saturated carbocycles. The molecule has 3 amide bonds. The minimum Gasteiger partial charge on any atom is -0.450 e. The van der Waals surface area contributed by atoms with Crippen molar-refractivity contribution < 1.29 is 14.3 Å². The average Bonchev–Trinajstić information content (AvgIpc) is 2.81. The summed E-state index contributed by atoms with van der Waals surface area (Å²) in [7, 11) is 1.74. The lowest BCUT2D eigenvalue weighted by Crippen LogP contribution is -2.49. The van der Waals surface area contributed by atoms with Crippen molar-refractivity contribution in [1.82, 2.24) is 20.1 Å². The summed E-state index contributed by atoms with van der Waals surface area (Å²) in [5, 5.41) is 3.13. The number of likely N-dealkylation sites (N-methyl/N-ethyl adjacent to an activating group) is 1. The molecule has 1 N–H and O–H groups in total. The predicted octanol–water partition coefficient (Wildman–Crippen LogP) is 4.72. The number of pyridine rings is 1. The number of hydrogen-bond acceptors (Lipinski definition) is 4. The van der Waals surface area contributed by atoms with Crippen LogP contribution < -0.4 is 5.32 Å². The van der Waals surface area contributed by atoms with Crippen LogP contribution >= 0.6 is 0 Å². The van der Waals surface area contributed by atoms with Crippen LogP contribution in [0.4, 0.5) is 9.59 Å². The average molecular weight is 471 g/mol. The van der Waals surface area contributed by atoms with Crippen LogP contribution in [0.3, 0.4) is 0 Å². The second-order valence-electron chi connectivity index (χ2n) is 11.0. The maximum absolute atomic E-state index is 13.1. The quantitative estimate of drug-likeness (QED) is 0.475. The first-order chi connectivity index (χ1) is 16.5. The number of urea groups is 1. The molecule has 4 bridgehead atoms. The maximum Gasteiger partial charge on any atom is 0.409 e. The zero-order valence-corrected chi connectivity index (χ0v) is 21.0. The van der Waals surface area contributed by atoms with Crippen LogP contribution in [-0.4, -0.2) is 66.7 Å². The van der Waals surface area contributed by atoms with Gasteiger partial charge in [0, 0.05) is 45.6 Å². The van der Waals surface area contributed by atoms with Crippen molar-refractivity contribution in [3.63, 3.8) is 0 Å². The molecule has 0 aliphatic heterocycles. The summed E-state index contributed by atoms with van der Waals surface area (Å²) < 4.78 is 5.11. The molecular weight excluding hydrogens is 428 g/mol. The first-order valence-corrected chi connectivity index (χ1v) is 13.3. The molecule has 0 aromatic carbocycles. The van der Waals surface area contributed by atoms with Crippen molar-refractivity contribution in [2.75, 3.05) is 39.8 Å². The van der Waals surface area contributed by atoms with Gasteiger partial charge in [-0.25, -0.2) is 9.59 Å². The zero-order chi connectivity index (χ0) is 24.0. The molecule has 7 nitrogen and oxygen atoms in total. The highest BCUT2D eigenvalue weighted by Gasteiger charge is 2.50. The number of aromatic nitrogens is 1. The van der Waals surface area contributed by atoms with Gasteiger partial charge in [-0.3, -0.25) is 4.98 Å². The Hall–Kier alpha value is -2.31. The second-order valence-corrected chi connectivity index (χ2v) is 11.0. The molecule has 4 aliphatic rings. The van der Waals surface area contributed by atoms with Crippen molar-refractivity contribution >= 4 is 12.1 Å². The molecule has 4 fully saturated rings. The third-order valence-corrected chi connectivity index (χ3v) is 8.32. The molecule has 188 valence electrons. The minimum absolute atomic E-state index is 0.0169. The van der Waals surface area contributed by atoms with Crippen molar-refractivity contribution in [3.05, 3.63) is 30.1 Å². The summed E-state index contributed by atoms with van der Waals surface area (Å²) in [6.07, 6.45) is 14.5. The van der Waals surface area contributed by atoms with E-state index in [1.807, 2.05) is 24.0 Å². The summed E-state index contributed by atoms with van der Waals surface area (Å²) in [6, 6.07) is 4.02. The standard InChI is InChI=1S/C27H42N4O3/c1-3-34-26(33)30(2)13-14-31(25(32)29-9-4-5-21-6-10-28-11-7-21)12-8-27-18-22-15-23(19-27)17-24(16-22)20-27/h6-7,10-11,22-24H,3-5,8-9,12-20H2,1-2H3,(H,29,32). The number of nitrogens with one attached hydrogen (secondary N) is 1. The van der Waals surface area contributed by atoms with E-state index >= 15 is 0 Å². The maximum atomic E-state index is 13.1. The van der Waals surface area contributed by atoms with Crippen molar-refractivity contribution in [3.8, 4) is 0 Å². The van der Waals surface area contributed by atoms with Gasteiger partial charge in [-0.2, -0.15) is 0 Å². The Bertz CT molecular complexity index is 780. The Labute approximate surface area is 204 Å². The van der Waals surface area contributed by atoms with Crippen LogP contribution in [0, 0.1) is 23.2 Å². The Morgan fingerprint density at radius 3 is 2.32 bits per heavy atom. The molecule has 1 heterocycles. The molecule has 5 rings (SSSR count). The summed E-state index contributed by atoms with van der Waals surface area (Å²) in [5.74, 6) is 2.74. The number of hydrogen-bond donors (Lipinski definition) is 1. The smallest absolute Gasteiger partial charge is 0.409 e. The molecule has 4 aliphatic carbocycles. The fourth-order valence-electron chi connectivity index (χ4n) is 7.03. The monoisotopic (exact) mass is 470 g/mol. The molecule has 0 radical (unpaired) electrons. The zero-order valence-electron chi connectivity index (χ0n) is 21.0. The van der Waals surface area contributed by atoms with Crippen molar-refractivity contribution in [2.24, 2.45) is 23.2 Å². The van der Waals surface area contributed by atoms with Gasteiger partial charge in [0.15, 0.2) is 0 Å². The summed E-state index contributed by atoms with van der Waals surface area (Å²) in [6.45, 7) is 4.57.